The van der Waals surface area contributed by atoms with Crippen LogP contribution in [0.4, 0.5) is 13.2 Å². The van der Waals surface area contributed by atoms with Crippen molar-refractivity contribution in [1.82, 2.24) is 4.90 Å². The lowest BCUT2D eigenvalue weighted by molar-refractivity contribution is -0.137. The zero-order chi connectivity index (χ0) is 30.0. The molecule has 0 bridgehead atoms. The van der Waals surface area contributed by atoms with Crippen molar-refractivity contribution in [3.63, 3.8) is 0 Å². The van der Waals surface area contributed by atoms with E-state index in [0.717, 1.165) is 23.3 Å². The van der Waals surface area contributed by atoms with Gasteiger partial charge >= 0.3 is 6.18 Å². The van der Waals surface area contributed by atoms with E-state index in [1.54, 1.807) is 32.2 Å². The van der Waals surface area contributed by atoms with Crippen LogP contribution in [0.25, 0.3) is 0 Å². The standard InChI is InChI=1S/C33H32F3NO5/c1-20-8-17-27(42-19-21-6-4-3-5-7-21)26(18-20)30(38)28-29(22-9-11-23(12-10-22)33(34,35)36)37(32(40)31(28)39)24-13-15-25(41-2)16-14-24/h3-12,17-18,24-25,29,39H,13-16,19H2,1-2H3/t24?,25?,29-/m1/s1. The van der Waals surface area contributed by atoms with Crippen LogP contribution in [0.3, 0.4) is 0 Å². The Hall–Kier alpha value is -4.11. The van der Waals surface area contributed by atoms with Gasteiger partial charge in [-0.3, -0.25) is 9.59 Å². The van der Waals surface area contributed by atoms with Crippen molar-refractivity contribution in [2.75, 3.05) is 7.11 Å². The Balaban J connectivity index is 1.54. The molecule has 0 saturated heterocycles. The van der Waals surface area contributed by atoms with Gasteiger partial charge in [-0.1, -0.05) is 54.1 Å². The zero-order valence-corrected chi connectivity index (χ0v) is 23.4. The van der Waals surface area contributed by atoms with Gasteiger partial charge in [0.2, 0.25) is 0 Å². The van der Waals surface area contributed by atoms with Crippen LogP contribution >= 0.6 is 0 Å². The normalized spacial score (nSPS) is 21.1. The molecule has 0 unspecified atom stereocenters. The Bertz CT molecular complexity index is 1480. The number of alkyl halides is 3. The van der Waals surface area contributed by atoms with Crippen LogP contribution in [0, 0.1) is 6.92 Å². The van der Waals surface area contributed by atoms with Crippen LogP contribution in [-0.2, 0) is 22.3 Å². The molecular formula is C33H32F3NO5. The number of aryl methyl sites for hydroxylation is 1. The number of halogens is 3. The Kier molecular flexibility index (Phi) is 8.41. The second-order valence-electron chi connectivity index (χ2n) is 10.8. The number of hydrogen-bond acceptors (Lipinski definition) is 5. The number of Topliss-reactive ketones (excluding diaryl/α,β-unsaturated/α-hetero) is 1. The molecule has 5 rings (SSSR count). The molecular weight excluding hydrogens is 547 g/mol. The Morgan fingerprint density at radius 1 is 0.976 bits per heavy atom. The fourth-order valence-corrected chi connectivity index (χ4v) is 5.80. The molecule has 6 nitrogen and oxygen atoms in total. The zero-order valence-electron chi connectivity index (χ0n) is 23.4. The minimum Gasteiger partial charge on any atom is -0.503 e. The first kappa shape index (κ1) is 29.4. The molecule has 0 spiro atoms. The molecule has 3 aromatic carbocycles. The summed E-state index contributed by atoms with van der Waals surface area (Å²) in [7, 11) is 1.63. The summed E-state index contributed by atoms with van der Waals surface area (Å²) < 4.78 is 51.6. The number of methoxy groups -OCH3 is 1. The van der Waals surface area contributed by atoms with Crippen molar-refractivity contribution >= 4 is 11.7 Å². The van der Waals surface area contributed by atoms with Crippen LogP contribution in [0.15, 0.2) is 84.1 Å². The topological polar surface area (TPSA) is 76.1 Å². The highest BCUT2D eigenvalue weighted by atomic mass is 19.4. The number of amides is 1. The summed E-state index contributed by atoms with van der Waals surface area (Å²) in [6, 6.07) is 17.5. The first-order valence-corrected chi connectivity index (χ1v) is 13.9. The second-order valence-corrected chi connectivity index (χ2v) is 10.8. The van der Waals surface area contributed by atoms with Crippen molar-refractivity contribution in [3.05, 3.63) is 112 Å². The maximum atomic E-state index is 14.2. The van der Waals surface area contributed by atoms with E-state index >= 15 is 0 Å². The van der Waals surface area contributed by atoms with Gasteiger partial charge in [-0.2, -0.15) is 13.2 Å². The number of rotatable bonds is 8. The van der Waals surface area contributed by atoms with E-state index in [1.807, 2.05) is 30.3 Å². The SMILES string of the molecule is COC1CCC(N2C(=O)C(O)=C(C(=O)c3cc(C)ccc3OCc3ccccc3)[C@H]2c2ccc(C(F)(F)F)cc2)CC1. The minimum atomic E-state index is -4.55. The molecule has 42 heavy (non-hydrogen) atoms. The van der Waals surface area contributed by atoms with Crippen LogP contribution in [0.2, 0.25) is 0 Å². The number of carbonyl (C=O) groups is 2. The van der Waals surface area contributed by atoms with Gasteiger partial charge in [0.05, 0.1) is 28.8 Å². The van der Waals surface area contributed by atoms with Gasteiger partial charge in [0, 0.05) is 13.2 Å². The summed E-state index contributed by atoms with van der Waals surface area (Å²) in [4.78, 5) is 29.3. The van der Waals surface area contributed by atoms with Gasteiger partial charge in [0.25, 0.3) is 5.91 Å². The molecule has 1 fully saturated rings. The molecule has 0 radical (unpaired) electrons. The first-order valence-electron chi connectivity index (χ1n) is 13.9. The summed E-state index contributed by atoms with van der Waals surface area (Å²) >= 11 is 0. The predicted molar refractivity (Wildman–Crippen MR) is 150 cm³/mol. The Morgan fingerprint density at radius 2 is 1.64 bits per heavy atom. The van der Waals surface area contributed by atoms with E-state index in [1.165, 1.54) is 17.0 Å². The number of ketones is 1. The van der Waals surface area contributed by atoms with E-state index in [-0.39, 0.29) is 35.6 Å². The fraction of sp³-hybridized carbons (Fsp3) is 0.333. The summed E-state index contributed by atoms with van der Waals surface area (Å²) in [6.07, 6.45) is -2.06. The molecule has 220 valence electrons. The van der Waals surface area contributed by atoms with E-state index in [4.69, 9.17) is 9.47 Å². The number of benzene rings is 3. The van der Waals surface area contributed by atoms with Gasteiger partial charge < -0.3 is 19.5 Å². The third kappa shape index (κ3) is 5.92. The van der Waals surface area contributed by atoms with E-state index < -0.39 is 35.2 Å². The number of nitrogens with zero attached hydrogens (tertiary/aromatic N) is 1. The molecule has 1 amide bonds. The monoisotopic (exact) mass is 579 g/mol. The molecule has 0 aromatic heterocycles. The van der Waals surface area contributed by atoms with Gasteiger partial charge in [0.15, 0.2) is 11.5 Å². The average molecular weight is 580 g/mol. The van der Waals surface area contributed by atoms with Crippen molar-refractivity contribution < 1.29 is 37.3 Å². The molecule has 1 aliphatic carbocycles. The summed E-state index contributed by atoms with van der Waals surface area (Å²) in [5.41, 5.74) is 1.08. The fourth-order valence-electron chi connectivity index (χ4n) is 5.80. The van der Waals surface area contributed by atoms with Gasteiger partial charge in [-0.25, -0.2) is 0 Å². The number of aliphatic hydroxyl groups is 1. The van der Waals surface area contributed by atoms with Crippen LogP contribution in [0.1, 0.15) is 64.3 Å². The van der Waals surface area contributed by atoms with Crippen LogP contribution in [0.5, 0.6) is 5.75 Å². The van der Waals surface area contributed by atoms with Crippen LogP contribution < -0.4 is 4.74 Å². The lowest BCUT2D eigenvalue weighted by Crippen LogP contribution is -2.43. The summed E-state index contributed by atoms with van der Waals surface area (Å²) in [5, 5.41) is 11.2. The van der Waals surface area contributed by atoms with E-state index in [0.29, 0.717) is 31.2 Å². The van der Waals surface area contributed by atoms with Gasteiger partial charge in [-0.15, -0.1) is 0 Å². The van der Waals surface area contributed by atoms with Crippen molar-refractivity contribution in [1.29, 1.82) is 0 Å². The Morgan fingerprint density at radius 3 is 2.26 bits per heavy atom. The number of aliphatic hydroxyl groups excluding tert-OH is 1. The van der Waals surface area contributed by atoms with Crippen molar-refractivity contribution in [2.24, 2.45) is 0 Å². The highest BCUT2D eigenvalue weighted by Crippen LogP contribution is 2.44. The Labute approximate surface area is 242 Å². The minimum absolute atomic E-state index is 0.0303. The predicted octanol–water partition coefficient (Wildman–Crippen LogP) is 7.13. The highest BCUT2D eigenvalue weighted by Gasteiger charge is 2.48. The molecule has 1 atom stereocenters. The maximum Gasteiger partial charge on any atom is 0.416 e. The maximum absolute atomic E-state index is 14.2. The molecule has 9 heteroatoms. The highest BCUT2D eigenvalue weighted by molar-refractivity contribution is 6.17. The first-order chi connectivity index (χ1) is 20.1. The van der Waals surface area contributed by atoms with Crippen molar-refractivity contribution in [2.45, 2.75) is 63.6 Å². The quantitative estimate of drug-likeness (QED) is 0.288. The second kappa shape index (κ2) is 12.0. The number of ether oxygens (including phenoxy) is 2. The largest absolute Gasteiger partial charge is 0.503 e. The molecule has 1 aliphatic heterocycles. The average Bonchev–Trinajstić information content (AvgIpc) is 3.26. The van der Waals surface area contributed by atoms with E-state index in [9.17, 15) is 27.9 Å². The molecule has 2 aliphatic rings. The lowest BCUT2D eigenvalue weighted by Gasteiger charge is -2.38. The van der Waals surface area contributed by atoms with E-state index in [2.05, 4.69) is 0 Å². The number of carbonyl (C=O) groups excluding carboxylic acids is 2. The number of hydrogen-bond donors (Lipinski definition) is 1. The molecule has 1 N–H and O–H groups in total. The smallest absolute Gasteiger partial charge is 0.416 e. The van der Waals surface area contributed by atoms with Crippen LogP contribution in [-0.4, -0.2) is 41.0 Å². The third-order valence-corrected chi connectivity index (χ3v) is 8.03. The van der Waals surface area contributed by atoms with Gasteiger partial charge in [-0.05, 0) is 68.0 Å². The van der Waals surface area contributed by atoms with Gasteiger partial charge in [0.1, 0.15) is 12.4 Å². The molecule has 1 saturated carbocycles. The third-order valence-electron chi connectivity index (χ3n) is 8.03. The summed E-state index contributed by atoms with van der Waals surface area (Å²) in [6.45, 7) is 1.99. The molecule has 3 aromatic rings. The summed E-state index contributed by atoms with van der Waals surface area (Å²) in [5.74, 6) is -1.77. The van der Waals surface area contributed by atoms with Crippen molar-refractivity contribution in [3.8, 4) is 5.75 Å². The lowest BCUT2D eigenvalue weighted by atomic mass is 9.87. The molecule has 1 heterocycles.